The summed E-state index contributed by atoms with van der Waals surface area (Å²) >= 11 is 6.19. The molecule has 2 aromatic rings. The van der Waals surface area contributed by atoms with Gasteiger partial charge in [0, 0.05) is 36.6 Å². The van der Waals surface area contributed by atoms with Crippen LogP contribution in [-0.4, -0.2) is 29.8 Å². The number of aryl methyl sites for hydroxylation is 1. The largest absolute Gasteiger partial charge is 0.355 e. The van der Waals surface area contributed by atoms with Gasteiger partial charge in [0.15, 0.2) is 0 Å². The Bertz CT molecular complexity index is 785. The van der Waals surface area contributed by atoms with Gasteiger partial charge in [0.25, 0.3) is 5.91 Å². The predicted octanol–water partition coefficient (Wildman–Crippen LogP) is 3.82. The summed E-state index contributed by atoms with van der Waals surface area (Å²) in [5.74, 6) is 0.0502. The van der Waals surface area contributed by atoms with Crippen molar-refractivity contribution in [1.82, 2.24) is 10.2 Å². The van der Waals surface area contributed by atoms with Crippen LogP contribution in [0.1, 0.15) is 40.7 Å². The summed E-state index contributed by atoms with van der Waals surface area (Å²) in [4.78, 5) is 26.4. The minimum atomic E-state index is -0.105. The highest BCUT2D eigenvalue weighted by Crippen LogP contribution is 2.29. The first-order chi connectivity index (χ1) is 12.6. The van der Waals surface area contributed by atoms with Gasteiger partial charge in [-0.3, -0.25) is 9.59 Å². The molecule has 0 spiro atoms. The summed E-state index contributed by atoms with van der Waals surface area (Å²) in [6, 6.07) is 15.4. The number of hydrogen-bond donors (Lipinski definition) is 1. The number of carbonyl (C=O) groups excluding carboxylic acids is 2. The molecule has 1 fully saturated rings. The Labute approximate surface area is 159 Å². The number of rotatable bonds is 7. The topological polar surface area (TPSA) is 49.4 Å². The van der Waals surface area contributed by atoms with Gasteiger partial charge in [-0.2, -0.15) is 0 Å². The smallest absolute Gasteiger partial charge is 0.251 e. The molecule has 0 atom stereocenters. The second-order valence-electron chi connectivity index (χ2n) is 6.62. The lowest BCUT2D eigenvalue weighted by Gasteiger charge is -2.23. The van der Waals surface area contributed by atoms with Crippen molar-refractivity contribution in [2.75, 3.05) is 7.05 Å². The van der Waals surface area contributed by atoms with Crippen molar-refractivity contribution in [1.29, 1.82) is 0 Å². The lowest BCUT2D eigenvalue weighted by atomic mass is 10.1. The Hall–Kier alpha value is -2.33. The third-order valence-corrected chi connectivity index (χ3v) is 5.04. The van der Waals surface area contributed by atoms with Crippen LogP contribution in [0, 0.1) is 0 Å². The third-order valence-electron chi connectivity index (χ3n) is 4.67. The molecule has 0 heterocycles. The Balaban J connectivity index is 1.63. The first-order valence-electron chi connectivity index (χ1n) is 8.92. The van der Waals surface area contributed by atoms with Gasteiger partial charge in [-0.1, -0.05) is 41.9 Å². The van der Waals surface area contributed by atoms with E-state index >= 15 is 0 Å². The van der Waals surface area contributed by atoms with Crippen LogP contribution in [0.3, 0.4) is 0 Å². The Morgan fingerprint density at radius 2 is 1.81 bits per heavy atom. The van der Waals surface area contributed by atoms with E-state index in [9.17, 15) is 9.59 Å². The SMILES string of the molecule is CNC(=O)c1ccc(CN(C(=O)CCc2ccccc2Cl)C2CC2)cc1. The standard InChI is InChI=1S/C21H23ClN2O2/c1-23-21(26)17-8-6-15(7-9-17)14-24(18-11-12-18)20(25)13-10-16-4-2-3-5-19(16)22/h2-9,18H,10-14H2,1H3,(H,23,26). The molecule has 0 unspecified atom stereocenters. The van der Waals surface area contributed by atoms with Crippen molar-refractivity contribution in [3.63, 3.8) is 0 Å². The fourth-order valence-corrected chi connectivity index (χ4v) is 3.23. The van der Waals surface area contributed by atoms with E-state index < -0.39 is 0 Å². The van der Waals surface area contributed by atoms with Gasteiger partial charge in [0.05, 0.1) is 0 Å². The quantitative estimate of drug-likeness (QED) is 0.805. The molecular formula is C21H23ClN2O2. The van der Waals surface area contributed by atoms with E-state index in [1.54, 1.807) is 19.2 Å². The molecule has 0 saturated heterocycles. The predicted molar refractivity (Wildman–Crippen MR) is 103 cm³/mol. The number of carbonyl (C=O) groups is 2. The summed E-state index contributed by atoms with van der Waals surface area (Å²) in [7, 11) is 1.61. The zero-order valence-corrected chi connectivity index (χ0v) is 15.6. The van der Waals surface area contributed by atoms with Crippen LogP contribution in [0.15, 0.2) is 48.5 Å². The lowest BCUT2D eigenvalue weighted by Crippen LogP contribution is -2.32. The van der Waals surface area contributed by atoms with Gasteiger partial charge in [-0.15, -0.1) is 0 Å². The Morgan fingerprint density at radius 1 is 1.12 bits per heavy atom. The van der Waals surface area contributed by atoms with E-state index in [-0.39, 0.29) is 11.8 Å². The minimum absolute atomic E-state index is 0.105. The molecule has 1 aliphatic rings. The molecule has 1 saturated carbocycles. The van der Waals surface area contributed by atoms with Crippen LogP contribution >= 0.6 is 11.6 Å². The molecule has 1 N–H and O–H groups in total. The number of nitrogens with zero attached hydrogens (tertiary/aromatic N) is 1. The molecule has 3 rings (SSSR count). The minimum Gasteiger partial charge on any atom is -0.355 e. The Kier molecular flexibility index (Phi) is 5.94. The highest BCUT2D eigenvalue weighted by Gasteiger charge is 2.32. The van der Waals surface area contributed by atoms with Crippen molar-refractivity contribution in [2.24, 2.45) is 0 Å². The van der Waals surface area contributed by atoms with Crippen LogP contribution in [0.2, 0.25) is 5.02 Å². The highest BCUT2D eigenvalue weighted by atomic mass is 35.5. The van der Waals surface area contributed by atoms with Crippen molar-refractivity contribution in [3.05, 3.63) is 70.2 Å². The number of nitrogens with one attached hydrogen (secondary N) is 1. The van der Waals surface area contributed by atoms with Crippen LogP contribution in [-0.2, 0) is 17.8 Å². The van der Waals surface area contributed by atoms with Gasteiger partial charge in [-0.25, -0.2) is 0 Å². The van der Waals surface area contributed by atoms with Gasteiger partial charge in [0.1, 0.15) is 0 Å². The van der Waals surface area contributed by atoms with Crippen molar-refractivity contribution >= 4 is 23.4 Å². The Morgan fingerprint density at radius 3 is 2.42 bits per heavy atom. The molecule has 2 amide bonds. The second kappa shape index (κ2) is 8.37. The van der Waals surface area contributed by atoms with Crippen LogP contribution in [0.5, 0.6) is 0 Å². The molecule has 0 aromatic heterocycles. The zero-order valence-electron chi connectivity index (χ0n) is 14.9. The van der Waals surface area contributed by atoms with Crippen molar-refractivity contribution in [3.8, 4) is 0 Å². The molecule has 0 bridgehead atoms. The molecule has 4 nitrogen and oxygen atoms in total. The molecule has 1 aliphatic carbocycles. The van der Waals surface area contributed by atoms with Gasteiger partial charge < -0.3 is 10.2 Å². The molecule has 26 heavy (non-hydrogen) atoms. The summed E-state index contributed by atoms with van der Waals surface area (Å²) in [5.41, 5.74) is 2.67. The fourth-order valence-electron chi connectivity index (χ4n) is 3.00. The van der Waals surface area contributed by atoms with E-state index in [0.717, 1.165) is 24.0 Å². The number of halogens is 1. The molecule has 5 heteroatoms. The van der Waals surface area contributed by atoms with Crippen molar-refractivity contribution < 1.29 is 9.59 Å². The van der Waals surface area contributed by atoms with E-state index in [1.807, 2.05) is 41.3 Å². The maximum atomic E-state index is 12.8. The number of benzene rings is 2. The van der Waals surface area contributed by atoms with Crippen LogP contribution < -0.4 is 5.32 Å². The van der Waals surface area contributed by atoms with Gasteiger partial charge >= 0.3 is 0 Å². The maximum absolute atomic E-state index is 12.8. The average Bonchev–Trinajstić information content (AvgIpc) is 3.50. The maximum Gasteiger partial charge on any atom is 0.251 e. The molecule has 2 aromatic carbocycles. The third kappa shape index (κ3) is 4.64. The zero-order chi connectivity index (χ0) is 18.5. The highest BCUT2D eigenvalue weighted by molar-refractivity contribution is 6.31. The van der Waals surface area contributed by atoms with E-state index in [1.165, 1.54) is 0 Å². The summed E-state index contributed by atoms with van der Waals surface area (Å²) in [6.07, 6.45) is 3.23. The van der Waals surface area contributed by atoms with E-state index in [4.69, 9.17) is 11.6 Å². The first-order valence-corrected chi connectivity index (χ1v) is 9.30. The van der Waals surface area contributed by atoms with E-state index in [2.05, 4.69) is 5.32 Å². The van der Waals surface area contributed by atoms with Crippen molar-refractivity contribution in [2.45, 2.75) is 38.3 Å². The molecule has 0 radical (unpaired) electrons. The lowest BCUT2D eigenvalue weighted by molar-refractivity contribution is -0.132. The van der Waals surface area contributed by atoms with Gasteiger partial charge in [-0.05, 0) is 48.6 Å². The fraction of sp³-hybridized carbons (Fsp3) is 0.333. The number of hydrogen-bond acceptors (Lipinski definition) is 2. The second-order valence-corrected chi connectivity index (χ2v) is 7.03. The van der Waals surface area contributed by atoms with Crippen LogP contribution in [0.25, 0.3) is 0 Å². The molecule has 0 aliphatic heterocycles. The summed E-state index contributed by atoms with van der Waals surface area (Å²) < 4.78 is 0. The summed E-state index contributed by atoms with van der Waals surface area (Å²) in [5, 5.41) is 3.32. The van der Waals surface area contributed by atoms with E-state index in [0.29, 0.717) is 36.0 Å². The first kappa shape index (κ1) is 18.5. The normalized spacial score (nSPS) is 13.3. The molecular weight excluding hydrogens is 348 g/mol. The number of amides is 2. The summed E-state index contributed by atoms with van der Waals surface area (Å²) in [6.45, 7) is 0.583. The van der Waals surface area contributed by atoms with Gasteiger partial charge in [0.2, 0.25) is 5.91 Å². The average molecular weight is 371 g/mol. The molecule has 136 valence electrons. The monoisotopic (exact) mass is 370 g/mol. The van der Waals surface area contributed by atoms with Crippen LogP contribution in [0.4, 0.5) is 0 Å².